The van der Waals surface area contributed by atoms with Crippen LogP contribution in [0.1, 0.15) is 58.7 Å². The molecule has 0 saturated heterocycles. The minimum Gasteiger partial charge on any atom is -0.324 e. The summed E-state index contributed by atoms with van der Waals surface area (Å²) in [6.07, 6.45) is 0.965. The van der Waals surface area contributed by atoms with Gasteiger partial charge in [0.2, 0.25) is 0 Å². The van der Waals surface area contributed by atoms with Crippen LogP contribution in [-0.2, 0) is 11.8 Å². The van der Waals surface area contributed by atoms with Gasteiger partial charge in [-0.2, -0.15) is 0 Å². The molecule has 0 spiro atoms. The lowest BCUT2D eigenvalue weighted by Gasteiger charge is -2.25. The van der Waals surface area contributed by atoms with Gasteiger partial charge in [0, 0.05) is 22.5 Å². The molecule has 0 saturated carbocycles. The Kier molecular flexibility index (Phi) is 5.36. The van der Waals surface area contributed by atoms with Gasteiger partial charge in [0.15, 0.2) is 0 Å². The smallest absolute Gasteiger partial charge is 0.135 e. The van der Waals surface area contributed by atoms with E-state index >= 15 is 0 Å². The van der Waals surface area contributed by atoms with E-state index in [1.165, 1.54) is 50.1 Å². The van der Waals surface area contributed by atoms with Crippen molar-refractivity contribution < 1.29 is 0 Å². The van der Waals surface area contributed by atoms with Crippen LogP contribution in [0.3, 0.4) is 0 Å². The van der Waals surface area contributed by atoms with E-state index in [0.717, 1.165) is 29.2 Å². The first-order valence-electron chi connectivity index (χ1n) is 14.5. The number of hydrogen-bond acceptors (Lipinski definition) is 3. The number of nitrogens with one attached hydrogen (secondary N) is 1. The van der Waals surface area contributed by atoms with Gasteiger partial charge < -0.3 is 5.32 Å². The Morgan fingerprint density at radius 3 is 2.15 bits per heavy atom. The van der Waals surface area contributed by atoms with Crippen molar-refractivity contribution in [3.8, 4) is 22.3 Å². The third kappa shape index (κ3) is 3.72. The van der Waals surface area contributed by atoms with Crippen LogP contribution in [0.4, 0.5) is 0 Å². The van der Waals surface area contributed by atoms with E-state index < -0.39 is 0 Å². The minimum atomic E-state index is -0.0646. The highest BCUT2D eigenvalue weighted by atomic mass is 15.1. The van der Waals surface area contributed by atoms with Gasteiger partial charge in [-0.05, 0) is 62.6 Å². The van der Waals surface area contributed by atoms with E-state index in [2.05, 4.69) is 121 Å². The lowest BCUT2D eigenvalue weighted by Crippen LogP contribution is -2.35. The van der Waals surface area contributed by atoms with Gasteiger partial charge in [-0.1, -0.05) is 123 Å². The van der Waals surface area contributed by atoms with Crippen LogP contribution in [0, 0.1) is 0 Å². The van der Waals surface area contributed by atoms with Crippen LogP contribution < -0.4 is 5.32 Å². The number of amidine groups is 2. The third-order valence-electron chi connectivity index (χ3n) is 9.12. The topological polar surface area (TPSA) is 36.8 Å². The molecule has 5 aromatic carbocycles. The molecule has 0 fully saturated rings. The minimum absolute atomic E-state index is 0.0646. The third-order valence-corrected chi connectivity index (χ3v) is 9.12. The Morgan fingerprint density at radius 2 is 1.34 bits per heavy atom. The molecule has 1 aliphatic heterocycles. The summed E-state index contributed by atoms with van der Waals surface area (Å²) in [6, 6.07) is 41.9. The molecular formula is C38H31N3. The van der Waals surface area contributed by atoms with Gasteiger partial charge in [0.1, 0.15) is 18.3 Å². The van der Waals surface area contributed by atoms with Gasteiger partial charge in [0.05, 0.1) is 0 Å². The highest BCUT2D eigenvalue weighted by molar-refractivity contribution is 6.16. The zero-order valence-electron chi connectivity index (χ0n) is 23.4. The van der Waals surface area contributed by atoms with Crippen molar-refractivity contribution in [2.45, 2.75) is 31.6 Å². The maximum absolute atomic E-state index is 4.79. The molecule has 41 heavy (non-hydrogen) atoms. The molecule has 198 valence electrons. The average molecular weight is 530 g/mol. The van der Waals surface area contributed by atoms with Crippen LogP contribution in [-0.4, -0.2) is 18.3 Å². The second kappa shape index (κ2) is 9.14. The van der Waals surface area contributed by atoms with Gasteiger partial charge in [0.25, 0.3) is 0 Å². The standard InChI is InChI=1S/C38H31N3/c1-38(2)33-16-10-9-15-27(33)30-20-19-29-31(21-24-11-5-3-6-12-24)32-22-26(17-18-28(32)34(29)35(30)38)37-40-23-39-36(41-37)25-13-7-4-8-14-25/h3-20,22,31H,21,23H2,1-2H3,(H,39,40,41). The molecule has 2 aliphatic carbocycles. The average Bonchev–Trinajstić information content (AvgIpc) is 3.46. The van der Waals surface area contributed by atoms with E-state index in [-0.39, 0.29) is 11.3 Å². The Morgan fingerprint density at radius 1 is 0.659 bits per heavy atom. The Hall–Kier alpha value is -4.76. The molecule has 1 atom stereocenters. The molecule has 3 aliphatic rings. The Labute approximate surface area is 241 Å². The normalized spacial score (nSPS) is 17.5. The Balaban J connectivity index is 1.27. The van der Waals surface area contributed by atoms with Crippen LogP contribution in [0.25, 0.3) is 22.3 Å². The van der Waals surface area contributed by atoms with Crippen molar-refractivity contribution in [1.29, 1.82) is 0 Å². The molecule has 1 heterocycles. The molecule has 5 aromatic rings. The van der Waals surface area contributed by atoms with E-state index in [4.69, 9.17) is 4.99 Å². The fraction of sp³-hybridized carbons (Fsp3) is 0.158. The molecule has 8 rings (SSSR count). The summed E-state index contributed by atoms with van der Waals surface area (Å²) in [5, 5.41) is 3.53. The maximum atomic E-state index is 4.79. The first-order valence-corrected chi connectivity index (χ1v) is 14.5. The summed E-state index contributed by atoms with van der Waals surface area (Å²) in [6.45, 7) is 5.21. The van der Waals surface area contributed by atoms with Crippen molar-refractivity contribution in [2.75, 3.05) is 6.67 Å². The van der Waals surface area contributed by atoms with Crippen molar-refractivity contribution in [3.05, 3.63) is 154 Å². The summed E-state index contributed by atoms with van der Waals surface area (Å²) < 4.78 is 0. The molecule has 1 N–H and O–H groups in total. The maximum Gasteiger partial charge on any atom is 0.135 e. The zero-order valence-corrected chi connectivity index (χ0v) is 23.4. The molecule has 0 radical (unpaired) electrons. The molecule has 0 aromatic heterocycles. The number of fused-ring (bicyclic) bond motifs is 7. The number of hydrogen-bond donors (Lipinski definition) is 1. The fourth-order valence-corrected chi connectivity index (χ4v) is 7.22. The lowest BCUT2D eigenvalue weighted by atomic mass is 9.78. The molecule has 0 amide bonds. The number of aliphatic imine (C=N–C) groups is 2. The highest BCUT2D eigenvalue weighted by Gasteiger charge is 2.42. The first-order chi connectivity index (χ1) is 20.1. The molecule has 1 unspecified atom stereocenters. The summed E-state index contributed by atoms with van der Waals surface area (Å²) in [5.74, 6) is 2.03. The second-order valence-electron chi connectivity index (χ2n) is 11.8. The molecule has 3 heteroatoms. The van der Waals surface area contributed by atoms with Gasteiger partial charge in [-0.15, -0.1) is 0 Å². The number of benzene rings is 5. The second-order valence-corrected chi connectivity index (χ2v) is 11.8. The lowest BCUT2D eigenvalue weighted by molar-refractivity contribution is 0.661. The van der Waals surface area contributed by atoms with Gasteiger partial charge >= 0.3 is 0 Å². The largest absolute Gasteiger partial charge is 0.324 e. The summed E-state index contributed by atoms with van der Waals surface area (Å²) in [7, 11) is 0. The van der Waals surface area contributed by atoms with E-state index in [9.17, 15) is 0 Å². The fourth-order valence-electron chi connectivity index (χ4n) is 7.22. The summed E-state index contributed by atoms with van der Waals surface area (Å²) in [5.41, 5.74) is 14.7. The van der Waals surface area contributed by atoms with E-state index in [0.29, 0.717) is 6.67 Å². The predicted molar refractivity (Wildman–Crippen MR) is 169 cm³/mol. The van der Waals surface area contributed by atoms with Crippen LogP contribution >= 0.6 is 0 Å². The summed E-state index contributed by atoms with van der Waals surface area (Å²) >= 11 is 0. The van der Waals surface area contributed by atoms with Crippen LogP contribution in [0.5, 0.6) is 0 Å². The Bertz CT molecular complexity index is 1880. The van der Waals surface area contributed by atoms with Gasteiger partial charge in [-0.25, -0.2) is 9.98 Å². The molecule has 3 nitrogen and oxygen atoms in total. The van der Waals surface area contributed by atoms with E-state index in [1.54, 1.807) is 0 Å². The van der Waals surface area contributed by atoms with Crippen molar-refractivity contribution in [3.63, 3.8) is 0 Å². The number of nitrogens with zero attached hydrogens (tertiary/aromatic N) is 2. The van der Waals surface area contributed by atoms with Crippen LogP contribution in [0.15, 0.2) is 125 Å². The van der Waals surface area contributed by atoms with Gasteiger partial charge in [-0.3, -0.25) is 0 Å². The van der Waals surface area contributed by atoms with Crippen molar-refractivity contribution in [1.82, 2.24) is 5.32 Å². The van der Waals surface area contributed by atoms with Crippen molar-refractivity contribution >= 4 is 11.7 Å². The molecule has 0 bridgehead atoms. The van der Waals surface area contributed by atoms with Crippen LogP contribution in [0.2, 0.25) is 0 Å². The van der Waals surface area contributed by atoms with Crippen molar-refractivity contribution in [2.24, 2.45) is 9.98 Å². The number of rotatable bonds is 4. The monoisotopic (exact) mass is 529 g/mol. The zero-order chi connectivity index (χ0) is 27.6. The quantitative estimate of drug-likeness (QED) is 0.251. The highest BCUT2D eigenvalue weighted by Crippen LogP contribution is 2.58. The SMILES string of the molecule is CC1(C)c2ccccc2-c2ccc3c(c21)-c1ccc(C2=NCN=C(c4ccccc4)N2)cc1C3Cc1ccccc1. The van der Waals surface area contributed by atoms with E-state index in [1.807, 2.05) is 18.2 Å². The summed E-state index contributed by atoms with van der Waals surface area (Å²) in [4.78, 5) is 9.43. The predicted octanol–water partition coefficient (Wildman–Crippen LogP) is 8.10. The molecular weight excluding hydrogens is 498 g/mol. The first kappa shape index (κ1) is 24.1.